The van der Waals surface area contributed by atoms with Crippen LogP contribution < -0.4 is 10.5 Å². The third-order valence-electron chi connectivity index (χ3n) is 8.46. The molecule has 8 heteroatoms. The first-order valence-electron chi connectivity index (χ1n) is 14.5. The first-order chi connectivity index (χ1) is 20.2. The fourth-order valence-corrected chi connectivity index (χ4v) is 6.01. The molecule has 0 aliphatic carbocycles. The summed E-state index contributed by atoms with van der Waals surface area (Å²) in [4.78, 5) is 19.5. The van der Waals surface area contributed by atoms with Crippen molar-refractivity contribution < 1.29 is 13.9 Å². The highest BCUT2D eigenvalue weighted by molar-refractivity contribution is 6.12. The number of para-hydroxylation sites is 1. The van der Waals surface area contributed by atoms with Gasteiger partial charge in [-0.3, -0.25) is 4.79 Å². The summed E-state index contributed by atoms with van der Waals surface area (Å²) in [6.07, 6.45) is 3.78. The number of ether oxygens (including phenoxy) is 1. The van der Waals surface area contributed by atoms with E-state index in [1.807, 2.05) is 19.1 Å². The molecule has 1 aliphatic heterocycles. The van der Waals surface area contributed by atoms with E-state index in [0.717, 1.165) is 42.4 Å². The van der Waals surface area contributed by atoms with Gasteiger partial charge in [0.25, 0.3) is 0 Å². The van der Waals surface area contributed by atoms with Gasteiger partial charge in [-0.25, -0.2) is 9.07 Å². The third kappa shape index (κ3) is 5.18. The summed E-state index contributed by atoms with van der Waals surface area (Å²) in [6.45, 7) is 10.8. The van der Waals surface area contributed by atoms with Crippen LogP contribution in [0.1, 0.15) is 65.3 Å². The maximum atomic E-state index is 14.1. The van der Waals surface area contributed by atoms with Crippen LogP contribution in [0, 0.1) is 19.7 Å². The van der Waals surface area contributed by atoms with Gasteiger partial charge in [0.2, 0.25) is 5.78 Å². The van der Waals surface area contributed by atoms with Crippen LogP contribution in [0.5, 0.6) is 11.5 Å². The quantitative estimate of drug-likeness (QED) is 0.202. The van der Waals surface area contributed by atoms with Gasteiger partial charge in [0, 0.05) is 16.9 Å². The second-order valence-corrected chi connectivity index (χ2v) is 11.5. The van der Waals surface area contributed by atoms with Crippen molar-refractivity contribution in [2.24, 2.45) is 0 Å². The number of piperidine rings is 1. The van der Waals surface area contributed by atoms with Crippen molar-refractivity contribution in [2.75, 3.05) is 18.8 Å². The lowest BCUT2D eigenvalue weighted by Crippen LogP contribution is -2.37. The minimum atomic E-state index is -0.434. The summed E-state index contributed by atoms with van der Waals surface area (Å²) in [5, 5.41) is 5.42. The molecule has 0 unspecified atom stereocenters. The smallest absolute Gasteiger partial charge is 0.214 e. The standard InChI is InChI=1S/C34H36FN5O2/c1-20(2)39-13-11-23(12-14-39)26-18-29-24(15-21(26)3)17-30(38-29)33(41)27-19-37-40(34(27)36)25-9-10-31(22(4)16-25)42-32-8-6-5-7-28(32)35/h5-10,15-20,23,38H,11-14,36H2,1-4H3. The van der Waals surface area contributed by atoms with E-state index in [4.69, 9.17) is 10.5 Å². The van der Waals surface area contributed by atoms with Gasteiger partial charge < -0.3 is 20.4 Å². The number of aromatic amines is 1. The molecule has 42 heavy (non-hydrogen) atoms. The number of hydrogen-bond donors (Lipinski definition) is 2. The van der Waals surface area contributed by atoms with Gasteiger partial charge in [-0.2, -0.15) is 5.10 Å². The third-order valence-corrected chi connectivity index (χ3v) is 8.46. The number of hydrogen-bond acceptors (Lipinski definition) is 5. The number of ketones is 1. The number of aryl methyl sites for hydroxylation is 2. The van der Waals surface area contributed by atoms with E-state index in [9.17, 15) is 9.18 Å². The Kier molecular flexibility index (Phi) is 7.33. The fraction of sp³-hybridized carbons (Fsp3) is 0.294. The molecule has 0 spiro atoms. The number of anilines is 1. The van der Waals surface area contributed by atoms with Crippen molar-refractivity contribution in [1.82, 2.24) is 19.7 Å². The maximum Gasteiger partial charge on any atom is 0.214 e. The summed E-state index contributed by atoms with van der Waals surface area (Å²) >= 11 is 0. The molecule has 216 valence electrons. The van der Waals surface area contributed by atoms with Crippen LogP contribution in [0.25, 0.3) is 16.6 Å². The second-order valence-electron chi connectivity index (χ2n) is 11.5. The van der Waals surface area contributed by atoms with Crippen LogP contribution in [0.3, 0.4) is 0 Å². The minimum absolute atomic E-state index is 0.150. The van der Waals surface area contributed by atoms with E-state index in [1.165, 1.54) is 28.1 Å². The molecule has 5 aromatic rings. The Hall–Kier alpha value is -4.43. The number of rotatable bonds is 7. The number of benzene rings is 3. The molecule has 0 atom stereocenters. The number of carbonyl (C=O) groups excluding carboxylic acids is 1. The molecule has 1 aliphatic rings. The Balaban J connectivity index is 1.23. The highest BCUT2D eigenvalue weighted by atomic mass is 19.1. The summed E-state index contributed by atoms with van der Waals surface area (Å²) in [7, 11) is 0. The lowest BCUT2D eigenvalue weighted by Gasteiger charge is -2.35. The molecule has 3 aromatic carbocycles. The minimum Gasteiger partial charge on any atom is -0.454 e. The van der Waals surface area contributed by atoms with Crippen molar-refractivity contribution in [1.29, 1.82) is 0 Å². The molecular weight excluding hydrogens is 529 g/mol. The number of nitrogens with one attached hydrogen (secondary N) is 1. The average Bonchev–Trinajstić information content (AvgIpc) is 3.57. The molecule has 3 N–H and O–H groups in total. The van der Waals surface area contributed by atoms with Gasteiger partial charge in [-0.05, 0) is 125 Å². The highest BCUT2D eigenvalue weighted by Gasteiger charge is 2.25. The van der Waals surface area contributed by atoms with Crippen molar-refractivity contribution >= 4 is 22.5 Å². The van der Waals surface area contributed by atoms with Crippen LogP contribution in [-0.4, -0.2) is 44.6 Å². The molecular formula is C34H36FN5O2. The van der Waals surface area contributed by atoms with Crippen molar-refractivity contribution in [3.63, 3.8) is 0 Å². The monoisotopic (exact) mass is 565 g/mol. The zero-order chi connectivity index (χ0) is 29.5. The Bertz CT molecular complexity index is 1780. The molecule has 0 amide bonds. The number of nitrogen functional groups attached to an aromatic ring is 1. The zero-order valence-corrected chi connectivity index (χ0v) is 24.4. The summed E-state index contributed by atoms with van der Waals surface area (Å²) < 4.78 is 21.4. The van der Waals surface area contributed by atoms with Gasteiger partial charge in [0.15, 0.2) is 11.6 Å². The lowest BCUT2D eigenvalue weighted by molar-refractivity contribution is 0.103. The van der Waals surface area contributed by atoms with E-state index in [2.05, 4.69) is 47.9 Å². The Morgan fingerprint density at radius 1 is 1.02 bits per heavy atom. The first-order valence-corrected chi connectivity index (χ1v) is 14.5. The number of carbonyl (C=O) groups is 1. The number of halogens is 1. The molecule has 0 saturated carbocycles. The number of nitrogens with two attached hydrogens (primary N) is 1. The molecule has 0 radical (unpaired) electrons. The Morgan fingerprint density at radius 3 is 2.50 bits per heavy atom. The second kappa shape index (κ2) is 11.1. The van der Waals surface area contributed by atoms with E-state index in [1.54, 1.807) is 30.3 Å². The Morgan fingerprint density at radius 2 is 1.79 bits per heavy atom. The number of likely N-dealkylation sites (tertiary alicyclic amines) is 1. The molecule has 3 heterocycles. The number of fused-ring (bicyclic) bond motifs is 1. The van der Waals surface area contributed by atoms with Crippen LogP contribution in [0.2, 0.25) is 0 Å². The van der Waals surface area contributed by atoms with Crippen molar-refractivity contribution in [3.8, 4) is 17.2 Å². The summed E-state index contributed by atoms with van der Waals surface area (Å²) in [6, 6.07) is 18.5. The van der Waals surface area contributed by atoms with E-state index in [0.29, 0.717) is 34.7 Å². The van der Waals surface area contributed by atoms with Crippen LogP contribution >= 0.6 is 0 Å². The van der Waals surface area contributed by atoms with Gasteiger partial charge in [-0.1, -0.05) is 12.1 Å². The van der Waals surface area contributed by atoms with Crippen molar-refractivity contribution in [3.05, 3.63) is 101 Å². The Labute approximate surface area is 245 Å². The van der Waals surface area contributed by atoms with Crippen LogP contribution in [-0.2, 0) is 0 Å². The van der Waals surface area contributed by atoms with Gasteiger partial charge in [0.05, 0.1) is 23.1 Å². The molecule has 6 rings (SSSR count). The van der Waals surface area contributed by atoms with Crippen molar-refractivity contribution in [2.45, 2.75) is 52.5 Å². The average molecular weight is 566 g/mol. The maximum absolute atomic E-state index is 14.1. The first kappa shape index (κ1) is 27.7. The molecule has 0 bridgehead atoms. The lowest BCUT2D eigenvalue weighted by atomic mass is 9.86. The molecule has 1 fully saturated rings. The van der Waals surface area contributed by atoms with Crippen LogP contribution in [0.15, 0.2) is 66.9 Å². The number of H-pyrrole nitrogens is 1. The highest BCUT2D eigenvalue weighted by Crippen LogP contribution is 2.34. The van der Waals surface area contributed by atoms with Crippen LogP contribution in [0.4, 0.5) is 10.2 Å². The topological polar surface area (TPSA) is 89.2 Å². The summed E-state index contributed by atoms with van der Waals surface area (Å²) in [5.41, 5.74) is 12.3. The normalized spacial score (nSPS) is 14.6. The zero-order valence-electron chi connectivity index (χ0n) is 24.4. The molecule has 2 aromatic heterocycles. The fourth-order valence-electron chi connectivity index (χ4n) is 6.01. The van der Waals surface area contributed by atoms with E-state index in [-0.39, 0.29) is 17.4 Å². The van der Waals surface area contributed by atoms with E-state index < -0.39 is 5.82 Å². The van der Waals surface area contributed by atoms with Gasteiger partial charge >= 0.3 is 0 Å². The molecule has 1 saturated heterocycles. The number of aromatic nitrogens is 3. The molecule has 7 nitrogen and oxygen atoms in total. The predicted molar refractivity (Wildman–Crippen MR) is 164 cm³/mol. The number of nitrogens with zero attached hydrogens (tertiary/aromatic N) is 3. The largest absolute Gasteiger partial charge is 0.454 e. The van der Waals surface area contributed by atoms with Gasteiger partial charge in [0.1, 0.15) is 11.6 Å². The van der Waals surface area contributed by atoms with Gasteiger partial charge in [-0.15, -0.1) is 0 Å². The summed E-state index contributed by atoms with van der Waals surface area (Å²) in [5.74, 6) is 0.787. The SMILES string of the molecule is Cc1cc(-n2ncc(C(=O)c3cc4cc(C)c(C5CCN(C(C)C)CC5)cc4[nH]3)c2N)ccc1Oc1ccccc1F. The predicted octanol–water partition coefficient (Wildman–Crippen LogP) is 7.30. The van der Waals surface area contributed by atoms with E-state index >= 15 is 0 Å².